The fourth-order valence-corrected chi connectivity index (χ4v) is 1.41. The van der Waals surface area contributed by atoms with Gasteiger partial charge in [-0.2, -0.15) is 5.26 Å². The molecule has 0 radical (unpaired) electrons. The van der Waals surface area contributed by atoms with Gasteiger partial charge in [0.05, 0.1) is 7.11 Å². The fourth-order valence-electron chi connectivity index (χ4n) is 1.41. The van der Waals surface area contributed by atoms with Crippen LogP contribution in [0, 0.1) is 11.3 Å². The first-order chi connectivity index (χ1) is 7.74. The number of nitrogens with two attached hydrogens (primary N) is 1. The molecule has 2 rings (SSSR count). The van der Waals surface area contributed by atoms with E-state index in [9.17, 15) is 0 Å². The molecule has 0 spiro atoms. The number of rotatable bonds is 2. The Hall–Kier alpha value is -2.41. The van der Waals surface area contributed by atoms with Gasteiger partial charge in [-0.1, -0.05) is 12.1 Å². The number of hydrogen-bond donors (Lipinski definition) is 1. The average molecular weight is 214 g/mol. The lowest BCUT2D eigenvalue weighted by Crippen LogP contribution is -1.82. The number of nitrogens with zero attached hydrogens (tertiary/aromatic N) is 1. The van der Waals surface area contributed by atoms with Crippen molar-refractivity contribution in [2.45, 2.75) is 0 Å². The number of nitriles is 1. The van der Waals surface area contributed by atoms with Crippen molar-refractivity contribution in [1.29, 1.82) is 5.26 Å². The SMILES string of the molecule is COc1cccc(-c2cc(C#N)c(N)o2)c1. The molecule has 0 unspecified atom stereocenters. The molecule has 1 aromatic carbocycles. The Morgan fingerprint density at radius 2 is 2.19 bits per heavy atom. The van der Waals surface area contributed by atoms with Crippen molar-refractivity contribution >= 4 is 5.88 Å². The highest BCUT2D eigenvalue weighted by molar-refractivity contribution is 5.65. The standard InChI is InChI=1S/C12H10N2O2/c1-15-10-4-2-3-8(5-10)11-6-9(7-13)12(14)16-11/h2-6H,14H2,1H3. The van der Waals surface area contributed by atoms with E-state index < -0.39 is 0 Å². The van der Waals surface area contributed by atoms with Gasteiger partial charge in [0.2, 0.25) is 5.88 Å². The molecule has 80 valence electrons. The number of anilines is 1. The molecule has 0 amide bonds. The molecule has 1 aromatic heterocycles. The maximum absolute atomic E-state index is 8.76. The summed E-state index contributed by atoms with van der Waals surface area (Å²) in [7, 11) is 1.59. The number of hydrogen-bond acceptors (Lipinski definition) is 4. The second-order valence-electron chi connectivity index (χ2n) is 3.23. The molecule has 16 heavy (non-hydrogen) atoms. The van der Waals surface area contributed by atoms with E-state index >= 15 is 0 Å². The van der Waals surface area contributed by atoms with Gasteiger partial charge in [-0.25, -0.2) is 0 Å². The van der Waals surface area contributed by atoms with Crippen LogP contribution in [-0.4, -0.2) is 7.11 Å². The predicted molar refractivity (Wildman–Crippen MR) is 59.8 cm³/mol. The van der Waals surface area contributed by atoms with Crippen LogP contribution in [0.4, 0.5) is 5.88 Å². The van der Waals surface area contributed by atoms with E-state index in [0.717, 1.165) is 11.3 Å². The van der Waals surface area contributed by atoms with Crippen molar-refractivity contribution in [1.82, 2.24) is 0 Å². The first kappa shape index (κ1) is 10.1. The smallest absolute Gasteiger partial charge is 0.208 e. The molecule has 0 bridgehead atoms. The second kappa shape index (κ2) is 3.99. The van der Waals surface area contributed by atoms with E-state index in [0.29, 0.717) is 11.3 Å². The van der Waals surface area contributed by atoms with Gasteiger partial charge in [0, 0.05) is 11.6 Å². The fraction of sp³-hybridized carbons (Fsp3) is 0.0833. The van der Waals surface area contributed by atoms with Crippen molar-refractivity contribution in [3.8, 4) is 23.1 Å². The summed E-state index contributed by atoms with van der Waals surface area (Å²) >= 11 is 0. The van der Waals surface area contributed by atoms with Crippen LogP contribution in [-0.2, 0) is 0 Å². The Bertz CT molecular complexity index is 552. The number of ether oxygens (including phenoxy) is 1. The summed E-state index contributed by atoms with van der Waals surface area (Å²) in [5.74, 6) is 1.43. The van der Waals surface area contributed by atoms with Crippen molar-refractivity contribution in [3.05, 3.63) is 35.9 Å². The van der Waals surface area contributed by atoms with Gasteiger partial charge < -0.3 is 14.9 Å². The molecular formula is C12H10N2O2. The molecule has 4 heteroatoms. The minimum Gasteiger partial charge on any atom is -0.497 e. The Kier molecular flexibility index (Phi) is 2.52. The van der Waals surface area contributed by atoms with Crippen LogP contribution in [0.5, 0.6) is 5.75 Å². The third kappa shape index (κ3) is 1.71. The minimum atomic E-state index is 0.139. The van der Waals surface area contributed by atoms with Gasteiger partial charge in [-0.3, -0.25) is 0 Å². The van der Waals surface area contributed by atoms with Crippen LogP contribution < -0.4 is 10.5 Å². The highest BCUT2D eigenvalue weighted by Gasteiger charge is 2.09. The predicted octanol–water partition coefficient (Wildman–Crippen LogP) is 2.41. The summed E-state index contributed by atoms with van der Waals surface area (Å²) < 4.78 is 10.4. The molecule has 0 atom stereocenters. The average Bonchev–Trinajstić information content (AvgIpc) is 2.71. The molecule has 0 aliphatic heterocycles. The first-order valence-corrected chi connectivity index (χ1v) is 4.68. The van der Waals surface area contributed by atoms with Gasteiger partial charge in [0.15, 0.2) is 0 Å². The van der Waals surface area contributed by atoms with E-state index in [2.05, 4.69) is 0 Å². The summed E-state index contributed by atoms with van der Waals surface area (Å²) in [5.41, 5.74) is 6.71. The third-order valence-corrected chi connectivity index (χ3v) is 2.24. The molecule has 0 saturated carbocycles. The minimum absolute atomic E-state index is 0.139. The van der Waals surface area contributed by atoms with E-state index in [1.54, 1.807) is 13.2 Å². The Morgan fingerprint density at radius 1 is 1.38 bits per heavy atom. The van der Waals surface area contributed by atoms with E-state index in [-0.39, 0.29) is 5.88 Å². The molecule has 0 aliphatic carbocycles. The van der Waals surface area contributed by atoms with E-state index in [4.69, 9.17) is 20.1 Å². The molecule has 0 saturated heterocycles. The topological polar surface area (TPSA) is 72.2 Å². The molecule has 2 aromatic rings. The van der Waals surface area contributed by atoms with E-state index in [1.807, 2.05) is 30.3 Å². The van der Waals surface area contributed by atoms with Crippen LogP contribution in [0.25, 0.3) is 11.3 Å². The lowest BCUT2D eigenvalue weighted by atomic mass is 10.1. The molecular weight excluding hydrogens is 204 g/mol. The van der Waals surface area contributed by atoms with Crippen molar-refractivity contribution < 1.29 is 9.15 Å². The van der Waals surface area contributed by atoms with Gasteiger partial charge in [0.1, 0.15) is 23.1 Å². The second-order valence-corrected chi connectivity index (χ2v) is 3.23. The normalized spacial score (nSPS) is 9.75. The Balaban J connectivity index is 2.46. The van der Waals surface area contributed by atoms with Crippen LogP contribution >= 0.6 is 0 Å². The van der Waals surface area contributed by atoms with Gasteiger partial charge in [-0.05, 0) is 12.1 Å². The zero-order valence-electron chi connectivity index (χ0n) is 8.73. The van der Waals surface area contributed by atoms with Crippen LogP contribution in [0.2, 0.25) is 0 Å². The summed E-state index contributed by atoms with van der Waals surface area (Å²) in [6, 6.07) is 10.9. The van der Waals surface area contributed by atoms with Gasteiger partial charge in [-0.15, -0.1) is 0 Å². The summed E-state index contributed by atoms with van der Waals surface area (Å²) in [4.78, 5) is 0. The van der Waals surface area contributed by atoms with Crippen LogP contribution in [0.1, 0.15) is 5.56 Å². The number of benzene rings is 1. The first-order valence-electron chi connectivity index (χ1n) is 4.68. The summed E-state index contributed by atoms with van der Waals surface area (Å²) in [6.45, 7) is 0. The highest BCUT2D eigenvalue weighted by Crippen LogP contribution is 2.28. The highest BCUT2D eigenvalue weighted by atomic mass is 16.5. The molecule has 2 N–H and O–H groups in total. The molecule has 4 nitrogen and oxygen atoms in total. The number of furan rings is 1. The molecule has 0 fully saturated rings. The number of methoxy groups -OCH3 is 1. The maximum Gasteiger partial charge on any atom is 0.208 e. The summed E-state index contributed by atoms with van der Waals surface area (Å²) in [6.07, 6.45) is 0. The van der Waals surface area contributed by atoms with Crippen LogP contribution in [0.3, 0.4) is 0 Å². The van der Waals surface area contributed by atoms with Crippen molar-refractivity contribution in [2.75, 3.05) is 12.8 Å². The Morgan fingerprint density at radius 3 is 2.81 bits per heavy atom. The summed E-state index contributed by atoms with van der Waals surface area (Å²) in [5, 5.41) is 8.76. The molecule has 0 aliphatic rings. The zero-order valence-corrected chi connectivity index (χ0v) is 8.73. The Labute approximate surface area is 92.9 Å². The van der Waals surface area contributed by atoms with Crippen molar-refractivity contribution in [3.63, 3.8) is 0 Å². The zero-order chi connectivity index (χ0) is 11.5. The largest absolute Gasteiger partial charge is 0.497 e. The lowest BCUT2D eigenvalue weighted by Gasteiger charge is -2.01. The quantitative estimate of drug-likeness (QED) is 0.833. The van der Waals surface area contributed by atoms with Gasteiger partial charge in [0.25, 0.3) is 0 Å². The van der Waals surface area contributed by atoms with Crippen molar-refractivity contribution in [2.24, 2.45) is 0 Å². The maximum atomic E-state index is 8.76. The lowest BCUT2D eigenvalue weighted by molar-refractivity contribution is 0.415. The van der Waals surface area contributed by atoms with Crippen LogP contribution in [0.15, 0.2) is 34.7 Å². The van der Waals surface area contributed by atoms with Gasteiger partial charge >= 0.3 is 0 Å². The number of nitrogen functional groups attached to an aromatic ring is 1. The van der Waals surface area contributed by atoms with E-state index in [1.165, 1.54) is 0 Å². The molecule has 1 heterocycles. The monoisotopic (exact) mass is 214 g/mol. The third-order valence-electron chi connectivity index (χ3n) is 2.24.